The van der Waals surface area contributed by atoms with Crippen molar-refractivity contribution >= 4 is 15.9 Å². The van der Waals surface area contributed by atoms with Crippen molar-refractivity contribution in [2.45, 2.75) is 11.8 Å². The largest absolute Gasteiger partial charge is 0.378 e. The van der Waals surface area contributed by atoms with Crippen molar-refractivity contribution in [1.29, 1.82) is 0 Å². The van der Waals surface area contributed by atoms with Gasteiger partial charge in [0, 0.05) is 13.1 Å². The van der Waals surface area contributed by atoms with E-state index in [0.717, 1.165) is 5.56 Å². The van der Waals surface area contributed by atoms with Crippen LogP contribution in [-0.4, -0.2) is 52.1 Å². The molecule has 1 amide bonds. The van der Waals surface area contributed by atoms with Crippen LogP contribution in [0.4, 0.5) is 0 Å². The van der Waals surface area contributed by atoms with Crippen molar-refractivity contribution in [2.75, 3.05) is 32.8 Å². The quantitative estimate of drug-likeness (QED) is 0.857. The molecule has 0 bridgehead atoms. The van der Waals surface area contributed by atoms with Crippen molar-refractivity contribution < 1.29 is 17.9 Å². The lowest BCUT2D eigenvalue weighted by Gasteiger charge is -2.26. The van der Waals surface area contributed by atoms with E-state index >= 15 is 0 Å². The molecule has 1 aromatic carbocycles. The highest BCUT2D eigenvalue weighted by Gasteiger charge is 2.20. The molecule has 1 aliphatic heterocycles. The SMILES string of the molecule is Cc1cccc(S(=O)(=O)NCC(=O)N2CCOCC2)c1. The second kappa shape index (κ2) is 6.34. The molecule has 1 N–H and O–H groups in total. The summed E-state index contributed by atoms with van der Waals surface area (Å²) < 4.78 is 31.6. The first-order valence-corrected chi connectivity index (χ1v) is 7.89. The summed E-state index contributed by atoms with van der Waals surface area (Å²) in [6.45, 7) is 3.59. The van der Waals surface area contributed by atoms with Gasteiger partial charge in [-0.1, -0.05) is 12.1 Å². The Balaban J connectivity index is 1.97. The molecule has 0 spiro atoms. The molecular weight excluding hydrogens is 280 g/mol. The zero-order valence-corrected chi connectivity index (χ0v) is 12.1. The molecule has 2 rings (SSSR count). The minimum Gasteiger partial charge on any atom is -0.378 e. The molecule has 0 saturated carbocycles. The van der Waals surface area contributed by atoms with Crippen LogP contribution >= 0.6 is 0 Å². The van der Waals surface area contributed by atoms with E-state index in [4.69, 9.17) is 4.74 Å². The number of nitrogens with zero attached hydrogens (tertiary/aromatic N) is 1. The first-order chi connectivity index (χ1) is 9.49. The van der Waals surface area contributed by atoms with E-state index in [0.29, 0.717) is 26.3 Å². The highest BCUT2D eigenvalue weighted by atomic mass is 32.2. The average Bonchev–Trinajstić information content (AvgIpc) is 2.46. The van der Waals surface area contributed by atoms with Crippen LogP contribution < -0.4 is 4.72 Å². The first-order valence-electron chi connectivity index (χ1n) is 6.41. The topological polar surface area (TPSA) is 75.7 Å². The van der Waals surface area contributed by atoms with Crippen LogP contribution in [0.3, 0.4) is 0 Å². The van der Waals surface area contributed by atoms with Gasteiger partial charge in [0.25, 0.3) is 0 Å². The van der Waals surface area contributed by atoms with Crippen molar-refractivity contribution in [1.82, 2.24) is 9.62 Å². The monoisotopic (exact) mass is 298 g/mol. The first kappa shape index (κ1) is 15.0. The van der Waals surface area contributed by atoms with Gasteiger partial charge in [-0.05, 0) is 24.6 Å². The van der Waals surface area contributed by atoms with Gasteiger partial charge in [-0.2, -0.15) is 0 Å². The Kier molecular flexibility index (Phi) is 4.74. The van der Waals surface area contributed by atoms with Crippen molar-refractivity contribution in [2.24, 2.45) is 0 Å². The summed E-state index contributed by atoms with van der Waals surface area (Å²) in [7, 11) is -3.65. The number of morpholine rings is 1. The van der Waals surface area contributed by atoms with Gasteiger partial charge < -0.3 is 9.64 Å². The van der Waals surface area contributed by atoms with Crippen LogP contribution in [0.25, 0.3) is 0 Å². The van der Waals surface area contributed by atoms with E-state index in [2.05, 4.69) is 4.72 Å². The molecule has 1 aliphatic rings. The lowest BCUT2D eigenvalue weighted by atomic mass is 10.2. The molecular formula is C13H18N2O4S. The lowest BCUT2D eigenvalue weighted by Crippen LogP contribution is -2.45. The van der Waals surface area contributed by atoms with E-state index in [1.807, 2.05) is 13.0 Å². The van der Waals surface area contributed by atoms with Crippen LogP contribution in [0.15, 0.2) is 29.2 Å². The minimum atomic E-state index is -3.65. The van der Waals surface area contributed by atoms with E-state index in [1.165, 1.54) is 6.07 Å². The molecule has 0 unspecified atom stereocenters. The molecule has 0 aromatic heterocycles. The maximum atomic E-state index is 12.1. The standard InChI is InChI=1S/C13H18N2O4S/c1-11-3-2-4-12(9-11)20(17,18)14-10-13(16)15-5-7-19-8-6-15/h2-4,9,14H,5-8,10H2,1H3. The predicted molar refractivity (Wildman–Crippen MR) is 73.8 cm³/mol. The van der Waals surface area contributed by atoms with Crippen molar-refractivity contribution in [3.8, 4) is 0 Å². The second-order valence-electron chi connectivity index (χ2n) is 4.63. The number of sulfonamides is 1. The molecule has 1 aromatic rings. The van der Waals surface area contributed by atoms with Gasteiger partial charge >= 0.3 is 0 Å². The number of hydrogen-bond acceptors (Lipinski definition) is 4. The number of ether oxygens (including phenoxy) is 1. The van der Waals surface area contributed by atoms with Crippen molar-refractivity contribution in [3.05, 3.63) is 29.8 Å². The van der Waals surface area contributed by atoms with Gasteiger partial charge in [0.15, 0.2) is 0 Å². The van der Waals surface area contributed by atoms with E-state index in [-0.39, 0.29) is 17.3 Å². The Bertz CT molecular complexity index is 580. The van der Waals surface area contributed by atoms with Crippen LogP contribution in [0.2, 0.25) is 0 Å². The highest BCUT2D eigenvalue weighted by molar-refractivity contribution is 7.89. The number of rotatable bonds is 4. The molecule has 1 fully saturated rings. The van der Waals surface area contributed by atoms with Gasteiger partial charge in [0.05, 0.1) is 24.7 Å². The third-order valence-corrected chi connectivity index (χ3v) is 4.48. The molecule has 0 aliphatic carbocycles. The number of aryl methyl sites for hydroxylation is 1. The Morgan fingerprint density at radius 2 is 2.05 bits per heavy atom. The average molecular weight is 298 g/mol. The number of amides is 1. The molecule has 1 heterocycles. The summed E-state index contributed by atoms with van der Waals surface area (Å²) in [5.74, 6) is -0.232. The summed E-state index contributed by atoms with van der Waals surface area (Å²) in [6.07, 6.45) is 0. The lowest BCUT2D eigenvalue weighted by molar-refractivity contribution is -0.133. The normalized spacial score (nSPS) is 16.1. The van der Waals surface area contributed by atoms with Crippen LogP contribution in [-0.2, 0) is 19.6 Å². The number of benzene rings is 1. The Morgan fingerprint density at radius 1 is 1.35 bits per heavy atom. The number of carbonyl (C=O) groups is 1. The van der Waals surface area contributed by atoms with E-state index in [9.17, 15) is 13.2 Å². The smallest absolute Gasteiger partial charge is 0.241 e. The zero-order valence-electron chi connectivity index (χ0n) is 11.3. The van der Waals surface area contributed by atoms with Gasteiger partial charge in [0.2, 0.25) is 15.9 Å². The second-order valence-corrected chi connectivity index (χ2v) is 6.40. The summed E-state index contributed by atoms with van der Waals surface area (Å²) in [6, 6.07) is 6.57. The molecule has 7 heteroatoms. The predicted octanol–water partition coefficient (Wildman–Crippen LogP) is 0.132. The maximum Gasteiger partial charge on any atom is 0.241 e. The van der Waals surface area contributed by atoms with Crippen LogP contribution in [0.1, 0.15) is 5.56 Å². The Labute approximate surface area is 118 Å². The van der Waals surface area contributed by atoms with Gasteiger partial charge in [0.1, 0.15) is 0 Å². The van der Waals surface area contributed by atoms with E-state index in [1.54, 1.807) is 17.0 Å². The summed E-state index contributed by atoms with van der Waals surface area (Å²) in [5.41, 5.74) is 0.854. The molecule has 110 valence electrons. The highest BCUT2D eigenvalue weighted by Crippen LogP contribution is 2.10. The molecule has 0 radical (unpaired) electrons. The number of carbonyl (C=O) groups excluding carboxylic acids is 1. The fourth-order valence-corrected chi connectivity index (χ4v) is 3.03. The fraction of sp³-hybridized carbons (Fsp3) is 0.462. The minimum absolute atomic E-state index is 0.173. The summed E-state index contributed by atoms with van der Waals surface area (Å²) in [4.78, 5) is 13.7. The van der Waals surface area contributed by atoms with Crippen LogP contribution in [0, 0.1) is 6.92 Å². The van der Waals surface area contributed by atoms with E-state index < -0.39 is 10.0 Å². The van der Waals surface area contributed by atoms with Crippen molar-refractivity contribution in [3.63, 3.8) is 0 Å². The molecule has 1 saturated heterocycles. The molecule has 0 atom stereocenters. The third-order valence-electron chi connectivity index (χ3n) is 3.08. The number of nitrogens with one attached hydrogen (secondary N) is 1. The third kappa shape index (κ3) is 3.78. The van der Waals surface area contributed by atoms with Gasteiger partial charge in [-0.3, -0.25) is 4.79 Å². The summed E-state index contributed by atoms with van der Waals surface area (Å²) >= 11 is 0. The Hall–Kier alpha value is -1.44. The van der Waals surface area contributed by atoms with Gasteiger partial charge in [-0.25, -0.2) is 13.1 Å². The zero-order chi connectivity index (χ0) is 14.6. The Morgan fingerprint density at radius 3 is 2.70 bits per heavy atom. The van der Waals surface area contributed by atoms with Crippen LogP contribution in [0.5, 0.6) is 0 Å². The number of hydrogen-bond donors (Lipinski definition) is 1. The maximum absolute atomic E-state index is 12.1. The molecule has 20 heavy (non-hydrogen) atoms. The van der Waals surface area contributed by atoms with Gasteiger partial charge in [-0.15, -0.1) is 0 Å². The fourth-order valence-electron chi connectivity index (χ4n) is 1.95. The summed E-state index contributed by atoms with van der Waals surface area (Å²) in [5, 5.41) is 0. The molecule has 6 nitrogen and oxygen atoms in total.